The molecule has 0 aliphatic heterocycles. The second-order valence-electron chi connectivity index (χ2n) is 3.36. The first-order valence-electron chi connectivity index (χ1n) is 4.78. The summed E-state index contributed by atoms with van der Waals surface area (Å²) in [5, 5.41) is 9.20. The van der Waals surface area contributed by atoms with Crippen LogP contribution < -0.4 is 5.32 Å². The molecule has 2 heterocycles. The maximum Gasteiger partial charge on any atom is 0.223 e. The van der Waals surface area contributed by atoms with Gasteiger partial charge in [-0.15, -0.1) is 11.3 Å². The normalized spacial score (nSPS) is 10.8. The number of aryl methyl sites for hydroxylation is 2. The third-order valence-corrected chi connectivity index (χ3v) is 3.13. The van der Waals surface area contributed by atoms with Crippen LogP contribution in [0.15, 0.2) is 16.0 Å². The zero-order valence-corrected chi connectivity index (χ0v) is 9.60. The molecule has 0 bridgehead atoms. The molecule has 0 saturated carbocycles. The molecular weight excluding hydrogens is 210 g/mol. The molecule has 0 unspecified atom stereocenters. The van der Waals surface area contributed by atoms with Gasteiger partial charge >= 0.3 is 0 Å². The maximum absolute atomic E-state index is 4.88. The molecule has 0 atom stereocenters. The SMILES string of the molecule is Cc1nc(CNCc2sccc2C)no1. The van der Waals surface area contributed by atoms with Crippen LogP contribution in [0.1, 0.15) is 22.2 Å². The Bertz CT molecular complexity index is 435. The summed E-state index contributed by atoms with van der Waals surface area (Å²) < 4.78 is 4.88. The molecule has 80 valence electrons. The van der Waals surface area contributed by atoms with Crippen molar-refractivity contribution in [2.75, 3.05) is 0 Å². The monoisotopic (exact) mass is 223 g/mol. The first kappa shape index (κ1) is 10.3. The van der Waals surface area contributed by atoms with E-state index in [4.69, 9.17) is 4.52 Å². The molecule has 4 nitrogen and oxygen atoms in total. The van der Waals surface area contributed by atoms with Crippen LogP contribution in [0.2, 0.25) is 0 Å². The highest BCUT2D eigenvalue weighted by molar-refractivity contribution is 7.10. The fourth-order valence-corrected chi connectivity index (χ4v) is 2.16. The quantitative estimate of drug-likeness (QED) is 0.861. The predicted octanol–water partition coefficient (Wildman–Crippen LogP) is 2.04. The van der Waals surface area contributed by atoms with E-state index in [1.54, 1.807) is 18.3 Å². The van der Waals surface area contributed by atoms with Crippen LogP contribution in [0.3, 0.4) is 0 Å². The molecular formula is C10H13N3OS. The van der Waals surface area contributed by atoms with Crippen molar-refractivity contribution in [1.29, 1.82) is 0 Å². The van der Waals surface area contributed by atoms with Crippen LogP contribution in [0.5, 0.6) is 0 Å². The van der Waals surface area contributed by atoms with Crippen LogP contribution in [0, 0.1) is 13.8 Å². The minimum Gasteiger partial charge on any atom is -0.340 e. The molecule has 15 heavy (non-hydrogen) atoms. The van der Waals surface area contributed by atoms with Gasteiger partial charge in [-0.2, -0.15) is 4.98 Å². The van der Waals surface area contributed by atoms with Crippen molar-refractivity contribution in [3.05, 3.63) is 33.6 Å². The van der Waals surface area contributed by atoms with Crippen LogP contribution in [0.25, 0.3) is 0 Å². The highest BCUT2D eigenvalue weighted by Gasteiger charge is 2.02. The summed E-state index contributed by atoms with van der Waals surface area (Å²) in [7, 11) is 0. The number of nitrogens with one attached hydrogen (secondary N) is 1. The molecule has 2 rings (SSSR count). The number of nitrogens with zero attached hydrogens (tertiary/aromatic N) is 2. The topological polar surface area (TPSA) is 51.0 Å². The van der Waals surface area contributed by atoms with Gasteiger partial charge in [-0.05, 0) is 23.9 Å². The van der Waals surface area contributed by atoms with Crippen molar-refractivity contribution in [2.24, 2.45) is 0 Å². The summed E-state index contributed by atoms with van der Waals surface area (Å²) in [5.74, 6) is 1.32. The van der Waals surface area contributed by atoms with Gasteiger partial charge < -0.3 is 9.84 Å². The second kappa shape index (κ2) is 4.55. The largest absolute Gasteiger partial charge is 0.340 e. The van der Waals surface area contributed by atoms with E-state index in [-0.39, 0.29) is 0 Å². The number of rotatable bonds is 4. The van der Waals surface area contributed by atoms with Crippen LogP contribution in [-0.2, 0) is 13.1 Å². The lowest BCUT2D eigenvalue weighted by Crippen LogP contribution is -2.13. The molecule has 1 N–H and O–H groups in total. The van der Waals surface area contributed by atoms with Crippen molar-refractivity contribution >= 4 is 11.3 Å². The van der Waals surface area contributed by atoms with Crippen molar-refractivity contribution in [3.8, 4) is 0 Å². The van der Waals surface area contributed by atoms with E-state index in [2.05, 4.69) is 33.8 Å². The van der Waals surface area contributed by atoms with Crippen LogP contribution in [0.4, 0.5) is 0 Å². The Hall–Kier alpha value is -1.20. The first-order valence-corrected chi connectivity index (χ1v) is 5.66. The third-order valence-electron chi connectivity index (χ3n) is 2.11. The summed E-state index contributed by atoms with van der Waals surface area (Å²) in [6.07, 6.45) is 0. The van der Waals surface area contributed by atoms with E-state index in [0.717, 1.165) is 6.54 Å². The number of thiophene rings is 1. The average molecular weight is 223 g/mol. The number of hydrogen-bond acceptors (Lipinski definition) is 5. The van der Waals surface area contributed by atoms with Gasteiger partial charge in [0.25, 0.3) is 0 Å². The molecule has 0 aliphatic carbocycles. The van der Waals surface area contributed by atoms with E-state index in [9.17, 15) is 0 Å². The summed E-state index contributed by atoms with van der Waals surface area (Å²) in [6, 6.07) is 2.13. The van der Waals surface area contributed by atoms with E-state index in [1.807, 2.05) is 0 Å². The molecule has 0 saturated heterocycles. The van der Waals surface area contributed by atoms with Gasteiger partial charge in [-0.3, -0.25) is 0 Å². The minimum atomic E-state index is 0.610. The highest BCUT2D eigenvalue weighted by atomic mass is 32.1. The maximum atomic E-state index is 4.88. The molecule has 0 fully saturated rings. The third kappa shape index (κ3) is 2.64. The smallest absolute Gasteiger partial charge is 0.223 e. The molecule has 2 aromatic rings. The van der Waals surface area contributed by atoms with Gasteiger partial charge in [0.15, 0.2) is 5.82 Å². The zero-order valence-electron chi connectivity index (χ0n) is 8.78. The molecule has 0 radical (unpaired) electrons. The van der Waals surface area contributed by atoms with Crippen LogP contribution in [-0.4, -0.2) is 10.1 Å². The number of aromatic nitrogens is 2. The molecule has 2 aromatic heterocycles. The molecule has 5 heteroatoms. The van der Waals surface area contributed by atoms with Gasteiger partial charge in [-0.1, -0.05) is 5.16 Å². The van der Waals surface area contributed by atoms with E-state index >= 15 is 0 Å². The van der Waals surface area contributed by atoms with Crippen molar-refractivity contribution in [2.45, 2.75) is 26.9 Å². The lowest BCUT2D eigenvalue weighted by atomic mass is 10.3. The fraction of sp³-hybridized carbons (Fsp3) is 0.400. The molecule has 0 aliphatic rings. The Kier molecular flexibility index (Phi) is 3.13. The standard InChI is InChI=1S/C10H13N3OS/c1-7-3-4-15-9(7)5-11-6-10-12-8(2)14-13-10/h3-4,11H,5-6H2,1-2H3. The Labute approximate surface area is 92.3 Å². The molecule has 0 aromatic carbocycles. The van der Waals surface area contributed by atoms with Crippen molar-refractivity contribution < 1.29 is 4.52 Å². The van der Waals surface area contributed by atoms with E-state index in [1.165, 1.54) is 10.4 Å². The Morgan fingerprint density at radius 2 is 2.27 bits per heavy atom. The van der Waals surface area contributed by atoms with Crippen LogP contribution >= 0.6 is 11.3 Å². The Balaban J connectivity index is 1.83. The van der Waals surface area contributed by atoms with Gasteiger partial charge in [0.2, 0.25) is 5.89 Å². The van der Waals surface area contributed by atoms with E-state index in [0.29, 0.717) is 18.3 Å². The van der Waals surface area contributed by atoms with Crippen molar-refractivity contribution in [3.63, 3.8) is 0 Å². The lowest BCUT2D eigenvalue weighted by molar-refractivity contribution is 0.385. The number of hydrogen-bond donors (Lipinski definition) is 1. The molecule has 0 amide bonds. The van der Waals surface area contributed by atoms with Crippen molar-refractivity contribution in [1.82, 2.24) is 15.5 Å². The van der Waals surface area contributed by atoms with Gasteiger partial charge in [-0.25, -0.2) is 0 Å². The molecule has 0 spiro atoms. The highest BCUT2D eigenvalue weighted by Crippen LogP contribution is 2.14. The van der Waals surface area contributed by atoms with Gasteiger partial charge in [0.1, 0.15) is 0 Å². The first-order chi connectivity index (χ1) is 7.25. The predicted molar refractivity (Wildman–Crippen MR) is 58.6 cm³/mol. The second-order valence-corrected chi connectivity index (χ2v) is 4.36. The summed E-state index contributed by atoms with van der Waals surface area (Å²) in [4.78, 5) is 5.47. The van der Waals surface area contributed by atoms with Gasteiger partial charge in [0.05, 0.1) is 6.54 Å². The van der Waals surface area contributed by atoms with E-state index < -0.39 is 0 Å². The zero-order chi connectivity index (χ0) is 10.7. The van der Waals surface area contributed by atoms with Gasteiger partial charge in [0, 0.05) is 18.3 Å². The Morgan fingerprint density at radius 1 is 1.40 bits per heavy atom. The Morgan fingerprint density at radius 3 is 2.87 bits per heavy atom. The minimum absolute atomic E-state index is 0.610. The fourth-order valence-electron chi connectivity index (χ4n) is 1.29. The summed E-state index contributed by atoms with van der Waals surface area (Å²) in [5.41, 5.74) is 1.33. The average Bonchev–Trinajstić information content (AvgIpc) is 2.77. The lowest BCUT2D eigenvalue weighted by Gasteiger charge is -2.00. The summed E-state index contributed by atoms with van der Waals surface area (Å²) >= 11 is 1.76. The summed E-state index contributed by atoms with van der Waals surface area (Å²) in [6.45, 7) is 5.41.